The summed E-state index contributed by atoms with van der Waals surface area (Å²) >= 11 is 1.65. The predicted molar refractivity (Wildman–Crippen MR) is 132 cm³/mol. The molecule has 0 bridgehead atoms. The molecular weight excluding hydrogens is 400 g/mol. The zero-order valence-electron chi connectivity index (χ0n) is 17.4. The SMILES string of the molecule is Cc1ccc(-c2csc3ncnc(Nc4ccc(Nc5ccccc5)cc4)c23)cc1C. The van der Waals surface area contributed by atoms with Gasteiger partial charge < -0.3 is 10.6 Å². The number of para-hydroxylation sites is 1. The molecule has 0 aliphatic rings. The van der Waals surface area contributed by atoms with Crippen molar-refractivity contribution in [3.8, 4) is 11.1 Å². The van der Waals surface area contributed by atoms with Crippen molar-refractivity contribution in [2.75, 3.05) is 10.6 Å². The number of aryl methyl sites for hydroxylation is 2. The summed E-state index contributed by atoms with van der Waals surface area (Å²) in [7, 11) is 0. The highest BCUT2D eigenvalue weighted by Gasteiger charge is 2.14. The molecule has 0 saturated heterocycles. The van der Waals surface area contributed by atoms with Crippen LogP contribution in [0.25, 0.3) is 21.3 Å². The van der Waals surface area contributed by atoms with Gasteiger partial charge in [-0.05, 0) is 66.9 Å². The van der Waals surface area contributed by atoms with Gasteiger partial charge in [0.15, 0.2) is 0 Å². The van der Waals surface area contributed by atoms with Crippen LogP contribution in [0.5, 0.6) is 0 Å². The lowest BCUT2D eigenvalue weighted by molar-refractivity contribution is 1.23. The second-order valence-electron chi connectivity index (χ2n) is 7.54. The van der Waals surface area contributed by atoms with E-state index in [4.69, 9.17) is 0 Å². The average molecular weight is 423 g/mol. The average Bonchev–Trinajstić information content (AvgIpc) is 3.23. The summed E-state index contributed by atoms with van der Waals surface area (Å²) in [6.45, 7) is 4.28. The van der Waals surface area contributed by atoms with Gasteiger partial charge in [-0.2, -0.15) is 0 Å². The summed E-state index contributed by atoms with van der Waals surface area (Å²) in [6.07, 6.45) is 1.62. The molecule has 0 aliphatic carbocycles. The molecule has 2 heterocycles. The number of rotatable bonds is 5. The van der Waals surface area contributed by atoms with Crippen molar-refractivity contribution >= 4 is 44.4 Å². The zero-order chi connectivity index (χ0) is 21.2. The van der Waals surface area contributed by atoms with E-state index in [0.29, 0.717) is 0 Å². The molecule has 0 atom stereocenters. The van der Waals surface area contributed by atoms with Crippen molar-refractivity contribution in [1.82, 2.24) is 9.97 Å². The monoisotopic (exact) mass is 422 g/mol. The molecule has 5 rings (SSSR count). The van der Waals surface area contributed by atoms with Gasteiger partial charge in [0.2, 0.25) is 0 Å². The number of anilines is 4. The topological polar surface area (TPSA) is 49.8 Å². The van der Waals surface area contributed by atoms with Crippen LogP contribution < -0.4 is 10.6 Å². The van der Waals surface area contributed by atoms with Gasteiger partial charge in [-0.1, -0.05) is 36.4 Å². The van der Waals surface area contributed by atoms with Crippen LogP contribution in [-0.2, 0) is 0 Å². The number of hydrogen-bond acceptors (Lipinski definition) is 5. The highest BCUT2D eigenvalue weighted by Crippen LogP contribution is 2.38. The van der Waals surface area contributed by atoms with E-state index in [9.17, 15) is 0 Å². The maximum absolute atomic E-state index is 4.56. The van der Waals surface area contributed by atoms with Crippen LogP contribution in [-0.4, -0.2) is 9.97 Å². The highest BCUT2D eigenvalue weighted by molar-refractivity contribution is 7.17. The number of thiophene rings is 1. The van der Waals surface area contributed by atoms with E-state index in [1.165, 1.54) is 16.7 Å². The minimum absolute atomic E-state index is 0.822. The van der Waals surface area contributed by atoms with E-state index in [1.807, 2.05) is 18.2 Å². The van der Waals surface area contributed by atoms with Crippen molar-refractivity contribution < 1.29 is 0 Å². The van der Waals surface area contributed by atoms with Gasteiger partial charge >= 0.3 is 0 Å². The molecule has 0 unspecified atom stereocenters. The molecule has 0 aliphatic heterocycles. The van der Waals surface area contributed by atoms with Gasteiger partial charge in [0.1, 0.15) is 17.0 Å². The van der Waals surface area contributed by atoms with Crippen LogP contribution in [0.15, 0.2) is 84.5 Å². The van der Waals surface area contributed by atoms with Gasteiger partial charge in [0.05, 0.1) is 5.39 Å². The number of hydrogen-bond donors (Lipinski definition) is 2. The zero-order valence-corrected chi connectivity index (χ0v) is 18.2. The molecule has 2 aromatic heterocycles. The van der Waals surface area contributed by atoms with Crippen LogP contribution >= 0.6 is 11.3 Å². The van der Waals surface area contributed by atoms with E-state index in [1.54, 1.807) is 17.7 Å². The van der Waals surface area contributed by atoms with Gasteiger partial charge in [0.25, 0.3) is 0 Å². The van der Waals surface area contributed by atoms with Crippen LogP contribution in [0, 0.1) is 13.8 Å². The van der Waals surface area contributed by atoms with E-state index in [0.717, 1.165) is 38.7 Å². The molecule has 0 saturated carbocycles. The number of nitrogens with one attached hydrogen (secondary N) is 2. The minimum atomic E-state index is 0.822. The lowest BCUT2D eigenvalue weighted by Gasteiger charge is -2.11. The Labute approximate surface area is 185 Å². The van der Waals surface area contributed by atoms with Crippen LogP contribution in [0.4, 0.5) is 22.9 Å². The first-order valence-corrected chi connectivity index (χ1v) is 11.0. The number of benzene rings is 3. The Bertz CT molecular complexity index is 1340. The molecule has 31 heavy (non-hydrogen) atoms. The summed E-state index contributed by atoms with van der Waals surface area (Å²) in [5, 5.41) is 10.1. The standard InChI is InChI=1S/C26H22N4S/c1-17-8-9-19(14-18(17)2)23-15-31-26-24(23)25(27-16-28-26)30-22-12-10-21(11-13-22)29-20-6-4-3-5-7-20/h3-16,29H,1-2H3,(H,27,28,30). The smallest absolute Gasteiger partial charge is 0.143 e. The summed E-state index contributed by atoms with van der Waals surface area (Å²) in [5.74, 6) is 0.822. The predicted octanol–water partition coefficient (Wildman–Crippen LogP) is 7.46. The van der Waals surface area contributed by atoms with Gasteiger partial charge in [-0.3, -0.25) is 0 Å². The minimum Gasteiger partial charge on any atom is -0.356 e. The Kier molecular flexibility index (Phi) is 5.10. The fourth-order valence-corrected chi connectivity index (χ4v) is 4.47. The fourth-order valence-electron chi connectivity index (χ4n) is 3.55. The third-order valence-corrected chi connectivity index (χ3v) is 6.28. The van der Waals surface area contributed by atoms with Crippen molar-refractivity contribution in [2.45, 2.75) is 13.8 Å². The number of nitrogens with zero attached hydrogens (tertiary/aromatic N) is 2. The van der Waals surface area contributed by atoms with E-state index in [2.05, 4.69) is 94.4 Å². The van der Waals surface area contributed by atoms with Crippen molar-refractivity contribution in [3.05, 3.63) is 95.6 Å². The Hall–Kier alpha value is -3.70. The third-order valence-electron chi connectivity index (χ3n) is 5.40. The van der Waals surface area contributed by atoms with Crippen molar-refractivity contribution in [1.29, 1.82) is 0 Å². The van der Waals surface area contributed by atoms with E-state index >= 15 is 0 Å². The molecule has 5 aromatic rings. The summed E-state index contributed by atoms with van der Waals surface area (Å²) < 4.78 is 0. The maximum atomic E-state index is 4.56. The largest absolute Gasteiger partial charge is 0.356 e. The first-order chi connectivity index (χ1) is 15.2. The molecule has 0 fully saturated rings. The summed E-state index contributed by atoms with van der Waals surface area (Å²) in [4.78, 5) is 10.0. The lowest BCUT2D eigenvalue weighted by atomic mass is 10.0. The third kappa shape index (κ3) is 4.00. The molecular formula is C26H22N4S. The molecule has 152 valence electrons. The Morgan fingerprint density at radius 2 is 1.42 bits per heavy atom. The molecule has 4 nitrogen and oxygen atoms in total. The Morgan fingerprint density at radius 1 is 0.710 bits per heavy atom. The molecule has 5 heteroatoms. The van der Waals surface area contributed by atoms with Gasteiger partial charge in [0, 0.05) is 28.0 Å². The quantitative estimate of drug-likeness (QED) is 0.308. The fraction of sp³-hybridized carbons (Fsp3) is 0.0769. The van der Waals surface area contributed by atoms with Crippen LogP contribution in [0.1, 0.15) is 11.1 Å². The molecule has 3 aromatic carbocycles. The van der Waals surface area contributed by atoms with Crippen molar-refractivity contribution in [2.24, 2.45) is 0 Å². The van der Waals surface area contributed by atoms with Gasteiger partial charge in [-0.25, -0.2) is 9.97 Å². The second-order valence-corrected chi connectivity index (χ2v) is 8.40. The number of aromatic nitrogens is 2. The number of fused-ring (bicyclic) bond motifs is 1. The van der Waals surface area contributed by atoms with Crippen molar-refractivity contribution in [3.63, 3.8) is 0 Å². The molecule has 0 spiro atoms. The summed E-state index contributed by atoms with van der Waals surface area (Å²) in [6, 6.07) is 25.0. The van der Waals surface area contributed by atoms with E-state index in [-0.39, 0.29) is 0 Å². The Morgan fingerprint density at radius 3 is 2.16 bits per heavy atom. The molecule has 0 radical (unpaired) electrons. The Balaban J connectivity index is 1.45. The second kappa shape index (κ2) is 8.20. The highest BCUT2D eigenvalue weighted by atomic mass is 32.1. The first-order valence-electron chi connectivity index (χ1n) is 10.2. The maximum Gasteiger partial charge on any atom is 0.143 e. The van der Waals surface area contributed by atoms with Crippen LogP contribution in [0.3, 0.4) is 0 Å². The lowest BCUT2D eigenvalue weighted by Crippen LogP contribution is -1.96. The van der Waals surface area contributed by atoms with E-state index < -0.39 is 0 Å². The first kappa shape index (κ1) is 19.3. The molecule has 0 amide bonds. The molecule has 2 N–H and O–H groups in total. The van der Waals surface area contributed by atoms with Gasteiger partial charge in [-0.15, -0.1) is 11.3 Å². The van der Waals surface area contributed by atoms with Crippen LogP contribution in [0.2, 0.25) is 0 Å². The normalized spacial score (nSPS) is 10.9. The summed E-state index contributed by atoms with van der Waals surface area (Å²) in [5.41, 5.74) is 8.01.